The highest BCUT2D eigenvalue weighted by molar-refractivity contribution is 5.86. The Morgan fingerprint density at radius 2 is 2.22 bits per heavy atom. The molecule has 1 heterocycles. The molecular formula is C14H18N2O2. The van der Waals surface area contributed by atoms with Gasteiger partial charge in [0.15, 0.2) is 0 Å². The molecule has 0 aliphatic rings. The van der Waals surface area contributed by atoms with Crippen LogP contribution in [0.15, 0.2) is 18.2 Å². The Kier molecular flexibility index (Phi) is 3.55. The van der Waals surface area contributed by atoms with Crippen LogP contribution < -0.4 is 10.1 Å². The van der Waals surface area contributed by atoms with E-state index in [0.29, 0.717) is 6.42 Å². The van der Waals surface area contributed by atoms with E-state index in [-0.39, 0.29) is 5.91 Å². The lowest BCUT2D eigenvalue weighted by Crippen LogP contribution is -2.18. The fourth-order valence-corrected chi connectivity index (χ4v) is 2.17. The molecule has 2 N–H and O–H groups in total. The predicted molar refractivity (Wildman–Crippen MR) is 72.0 cm³/mol. The molecule has 18 heavy (non-hydrogen) atoms. The number of carbonyl (C=O) groups is 1. The first-order valence-electron chi connectivity index (χ1n) is 6.01. The van der Waals surface area contributed by atoms with Crippen LogP contribution in [0.2, 0.25) is 0 Å². The summed E-state index contributed by atoms with van der Waals surface area (Å²) in [5, 5.41) is 3.78. The number of aromatic amines is 1. The molecule has 2 aromatic rings. The Labute approximate surface area is 106 Å². The van der Waals surface area contributed by atoms with Gasteiger partial charge in [-0.05, 0) is 37.1 Å². The number of amides is 1. The van der Waals surface area contributed by atoms with E-state index in [1.165, 1.54) is 5.56 Å². The van der Waals surface area contributed by atoms with E-state index in [2.05, 4.69) is 10.3 Å². The van der Waals surface area contributed by atoms with Gasteiger partial charge >= 0.3 is 0 Å². The van der Waals surface area contributed by atoms with Crippen molar-refractivity contribution in [3.8, 4) is 5.75 Å². The van der Waals surface area contributed by atoms with Gasteiger partial charge in [-0.1, -0.05) is 0 Å². The smallest absolute Gasteiger partial charge is 0.220 e. The molecule has 0 spiro atoms. The van der Waals surface area contributed by atoms with E-state index in [0.717, 1.165) is 28.8 Å². The van der Waals surface area contributed by atoms with Crippen LogP contribution in [0.3, 0.4) is 0 Å². The number of hydrogen-bond acceptors (Lipinski definition) is 2. The number of nitrogens with one attached hydrogen (secondary N) is 2. The molecule has 0 aliphatic carbocycles. The summed E-state index contributed by atoms with van der Waals surface area (Å²) < 4.78 is 5.24. The number of rotatable bonds is 4. The monoisotopic (exact) mass is 246 g/mol. The molecule has 2 rings (SSSR count). The zero-order chi connectivity index (χ0) is 13.1. The van der Waals surface area contributed by atoms with E-state index < -0.39 is 0 Å². The number of H-pyrrole nitrogens is 1. The van der Waals surface area contributed by atoms with Crippen molar-refractivity contribution in [1.29, 1.82) is 0 Å². The number of hydrogen-bond donors (Lipinski definition) is 2. The molecule has 0 atom stereocenters. The first kappa shape index (κ1) is 12.5. The van der Waals surface area contributed by atoms with Gasteiger partial charge in [0.1, 0.15) is 5.75 Å². The third-order valence-corrected chi connectivity index (χ3v) is 3.21. The maximum Gasteiger partial charge on any atom is 0.220 e. The number of fused-ring (bicyclic) bond motifs is 1. The molecule has 0 saturated heterocycles. The maximum absolute atomic E-state index is 11.3. The van der Waals surface area contributed by atoms with Gasteiger partial charge in [-0.3, -0.25) is 4.79 Å². The molecule has 0 radical (unpaired) electrons. The summed E-state index contributed by atoms with van der Waals surface area (Å²) in [6.07, 6.45) is 1.24. The standard InChI is InChI=1S/C14H18N2O2/c1-9-11(5-7-14(17)15-2)12-8-10(18-3)4-6-13(12)16-9/h4,6,8,16H,5,7H2,1-3H3,(H,15,17). The van der Waals surface area contributed by atoms with Crippen LogP contribution in [0.4, 0.5) is 0 Å². The second kappa shape index (κ2) is 5.12. The lowest BCUT2D eigenvalue weighted by atomic mass is 10.1. The van der Waals surface area contributed by atoms with Crippen molar-refractivity contribution < 1.29 is 9.53 Å². The van der Waals surface area contributed by atoms with Gasteiger partial charge in [-0.25, -0.2) is 0 Å². The van der Waals surface area contributed by atoms with Crippen molar-refractivity contribution >= 4 is 16.8 Å². The molecule has 0 fully saturated rings. The minimum Gasteiger partial charge on any atom is -0.497 e. The summed E-state index contributed by atoms with van der Waals surface area (Å²) in [4.78, 5) is 14.7. The molecule has 1 amide bonds. The minimum atomic E-state index is 0.0617. The van der Waals surface area contributed by atoms with Crippen molar-refractivity contribution in [1.82, 2.24) is 10.3 Å². The van der Waals surface area contributed by atoms with Gasteiger partial charge in [0.05, 0.1) is 7.11 Å². The van der Waals surface area contributed by atoms with Crippen LogP contribution in [0.1, 0.15) is 17.7 Å². The van der Waals surface area contributed by atoms with Crippen LogP contribution in [0.5, 0.6) is 5.75 Å². The zero-order valence-corrected chi connectivity index (χ0v) is 11.0. The second-order valence-corrected chi connectivity index (χ2v) is 4.31. The molecule has 0 saturated carbocycles. The third kappa shape index (κ3) is 2.32. The zero-order valence-electron chi connectivity index (χ0n) is 11.0. The van der Waals surface area contributed by atoms with Crippen LogP contribution in [0.25, 0.3) is 10.9 Å². The van der Waals surface area contributed by atoms with Crippen LogP contribution in [-0.4, -0.2) is 25.0 Å². The topological polar surface area (TPSA) is 54.1 Å². The highest BCUT2D eigenvalue weighted by atomic mass is 16.5. The number of aromatic nitrogens is 1. The van der Waals surface area contributed by atoms with Gasteiger partial charge in [0.2, 0.25) is 5.91 Å². The minimum absolute atomic E-state index is 0.0617. The van der Waals surface area contributed by atoms with Crippen molar-refractivity contribution in [2.75, 3.05) is 14.2 Å². The van der Waals surface area contributed by atoms with E-state index >= 15 is 0 Å². The number of benzene rings is 1. The highest BCUT2D eigenvalue weighted by Crippen LogP contribution is 2.27. The largest absolute Gasteiger partial charge is 0.497 e. The van der Waals surface area contributed by atoms with Crippen molar-refractivity contribution in [2.45, 2.75) is 19.8 Å². The maximum atomic E-state index is 11.3. The Morgan fingerprint density at radius 1 is 1.44 bits per heavy atom. The summed E-state index contributed by atoms with van der Waals surface area (Å²) in [6.45, 7) is 2.03. The van der Waals surface area contributed by atoms with E-state index in [1.54, 1.807) is 14.2 Å². The SMILES string of the molecule is CNC(=O)CCc1c(C)[nH]c2ccc(OC)cc12. The molecular weight excluding hydrogens is 228 g/mol. The molecule has 4 heteroatoms. The first-order chi connectivity index (χ1) is 8.65. The Hall–Kier alpha value is -1.97. The fraction of sp³-hybridized carbons (Fsp3) is 0.357. The Morgan fingerprint density at radius 3 is 2.89 bits per heavy atom. The summed E-state index contributed by atoms with van der Waals surface area (Å²) >= 11 is 0. The molecule has 1 aromatic heterocycles. The van der Waals surface area contributed by atoms with E-state index in [4.69, 9.17) is 4.74 Å². The summed E-state index contributed by atoms with van der Waals surface area (Å²) in [5.41, 5.74) is 3.38. The van der Waals surface area contributed by atoms with Crippen LogP contribution >= 0.6 is 0 Å². The molecule has 0 unspecified atom stereocenters. The van der Waals surface area contributed by atoms with Gasteiger partial charge in [-0.2, -0.15) is 0 Å². The van der Waals surface area contributed by atoms with Crippen molar-refractivity contribution in [3.05, 3.63) is 29.5 Å². The fourth-order valence-electron chi connectivity index (χ4n) is 2.17. The normalized spacial score (nSPS) is 10.6. The molecule has 4 nitrogen and oxygen atoms in total. The first-order valence-corrected chi connectivity index (χ1v) is 6.01. The van der Waals surface area contributed by atoms with Gasteiger partial charge in [-0.15, -0.1) is 0 Å². The van der Waals surface area contributed by atoms with Gasteiger partial charge < -0.3 is 15.0 Å². The van der Waals surface area contributed by atoms with Gasteiger partial charge in [0, 0.05) is 30.1 Å². The number of aryl methyl sites for hydroxylation is 2. The molecule has 0 aliphatic heterocycles. The van der Waals surface area contributed by atoms with Crippen molar-refractivity contribution in [3.63, 3.8) is 0 Å². The number of carbonyl (C=O) groups excluding carboxylic acids is 1. The summed E-state index contributed by atoms with van der Waals surface area (Å²) in [7, 11) is 3.32. The lowest BCUT2D eigenvalue weighted by Gasteiger charge is -2.03. The Bertz CT molecular complexity index is 572. The Balaban J connectivity index is 2.35. The molecule has 1 aromatic carbocycles. The van der Waals surface area contributed by atoms with Crippen molar-refractivity contribution in [2.24, 2.45) is 0 Å². The lowest BCUT2D eigenvalue weighted by molar-refractivity contribution is -0.120. The van der Waals surface area contributed by atoms with E-state index in [1.807, 2.05) is 25.1 Å². The summed E-state index contributed by atoms with van der Waals surface area (Å²) in [6, 6.07) is 5.95. The van der Waals surface area contributed by atoms with Crippen LogP contribution in [0, 0.1) is 6.92 Å². The average molecular weight is 246 g/mol. The predicted octanol–water partition coefficient (Wildman–Crippen LogP) is 2.16. The number of ether oxygens (including phenoxy) is 1. The third-order valence-electron chi connectivity index (χ3n) is 3.21. The average Bonchev–Trinajstić information content (AvgIpc) is 2.70. The molecule has 0 bridgehead atoms. The van der Waals surface area contributed by atoms with Crippen LogP contribution in [-0.2, 0) is 11.2 Å². The van der Waals surface area contributed by atoms with E-state index in [9.17, 15) is 4.79 Å². The highest BCUT2D eigenvalue weighted by Gasteiger charge is 2.10. The number of methoxy groups -OCH3 is 1. The second-order valence-electron chi connectivity index (χ2n) is 4.31. The molecule has 96 valence electrons. The quantitative estimate of drug-likeness (QED) is 0.868. The van der Waals surface area contributed by atoms with Gasteiger partial charge in [0.25, 0.3) is 0 Å². The summed E-state index contributed by atoms with van der Waals surface area (Å²) in [5.74, 6) is 0.898.